The van der Waals surface area contributed by atoms with Gasteiger partial charge in [0.2, 0.25) is 0 Å². The number of aliphatic hydroxyl groups is 1. The number of carboxylic acids is 1. The SMILES string of the molecule is O=C(NCC1(C(=O)O)CCC1)N1C2CCC1CC(O)C2. The Morgan fingerprint density at radius 3 is 2.25 bits per heavy atom. The van der Waals surface area contributed by atoms with E-state index in [4.69, 9.17) is 0 Å². The molecule has 2 unspecified atom stereocenters. The summed E-state index contributed by atoms with van der Waals surface area (Å²) in [6.07, 6.45) is 5.10. The lowest BCUT2D eigenvalue weighted by Crippen LogP contribution is -2.55. The summed E-state index contributed by atoms with van der Waals surface area (Å²) in [5, 5.41) is 21.8. The van der Waals surface area contributed by atoms with Gasteiger partial charge in [-0.3, -0.25) is 4.79 Å². The van der Waals surface area contributed by atoms with Gasteiger partial charge in [-0.25, -0.2) is 4.79 Å². The van der Waals surface area contributed by atoms with E-state index in [0.717, 1.165) is 19.3 Å². The van der Waals surface area contributed by atoms with Crippen LogP contribution in [0.2, 0.25) is 0 Å². The molecule has 0 radical (unpaired) electrons. The van der Waals surface area contributed by atoms with Gasteiger partial charge in [-0.15, -0.1) is 0 Å². The second kappa shape index (κ2) is 4.91. The minimum Gasteiger partial charge on any atom is -0.481 e. The van der Waals surface area contributed by atoms with Gasteiger partial charge < -0.3 is 20.4 Å². The first-order valence-electron chi connectivity index (χ1n) is 7.49. The van der Waals surface area contributed by atoms with Crippen LogP contribution in [0.15, 0.2) is 0 Å². The molecule has 1 saturated carbocycles. The molecule has 2 saturated heterocycles. The Kier molecular flexibility index (Phi) is 3.36. The molecule has 0 aromatic carbocycles. The summed E-state index contributed by atoms with van der Waals surface area (Å²) in [7, 11) is 0. The molecule has 0 aromatic rings. The maximum atomic E-state index is 12.3. The molecule has 3 aliphatic rings. The number of hydrogen-bond donors (Lipinski definition) is 3. The van der Waals surface area contributed by atoms with Crippen molar-refractivity contribution in [1.29, 1.82) is 0 Å². The second-order valence-electron chi connectivity index (χ2n) is 6.52. The number of carboxylic acid groups (broad SMARTS) is 1. The molecule has 0 spiro atoms. The summed E-state index contributed by atoms with van der Waals surface area (Å²) in [4.78, 5) is 25.4. The van der Waals surface area contributed by atoms with Gasteiger partial charge >= 0.3 is 12.0 Å². The summed E-state index contributed by atoms with van der Waals surface area (Å²) >= 11 is 0. The summed E-state index contributed by atoms with van der Waals surface area (Å²) in [5.41, 5.74) is -0.746. The van der Waals surface area contributed by atoms with Crippen LogP contribution in [0, 0.1) is 5.41 Å². The number of amides is 2. The van der Waals surface area contributed by atoms with E-state index < -0.39 is 11.4 Å². The first-order chi connectivity index (χ1) is 9.52. The second-order valence-corrected chi connectivity index (χ2v) is 6.52. The fourth-order valence-electron chi connectivity index (χ4n) is 3.89. The van der Waals surface area contributed by atoms with E-state index in [1.165, 1.54) is 0 Å². The van der Waals surface area contributed by atoms with Crippen molar-refractivity contribution in [1.82, 2.24) is 10.2 Å². The lowest BCUT2D eigenvalue weighted by Gasteiger charge is -2.40. The quantitative estimate of drug-likeness (QED) is 0.718. The third-order valence-electron chi connectivity index (χ3n) is 5.29. The van der Waals surface area contributed by atoms with Gasteiger partial charge in [0.25, 0.3) is 0 Å². The Hall–Kier alpha value is -1.30. The summed E-state index contributed by atoms with van der Waals surface area (Å²) < 4.78 is 0. The predicted molar refractivity (Wildman–Crippen MR) is 71.2 cm³/mol. The Labute approximate surface area is 118 Å². The summed E-state index contributed by atoms with van der Waals surface area (Å²) in [6, 6.07) is 0.0776. The fraction of sp³-hybridized carbons (Fsp3) is 0.857. The average molecular weight is 282 g/mol. The smallest absolute Gasteiger partial charge is 0.317 e. The monoisotopic (exact) mass is 282 g/mol. The van der Waals surface area contributed by atoms with Crippen molar-refractivity contribution in [2.75, 3.05) is 6.54 Å². The maximum Gasteiger partial charge on any atom is 0.317 e. The molecule has 2 atom stereocenters. The van der Waals surface area contributed by atoms with Crippen LogP contribution in [0.25, 0.3) is 0 Å². The Morgan fingerprint density at radius 2 is 1.80 bits per heavy atom. The largest absolute Gasteiger partial charge is 0.481 e. The van der Waals surface area contributed by atoms with E-state index in [1.807, 2.05) is 4.90 Å². The van der Waals surface area contributed by atoms with Crippen molar-refractivity contribution in [3.05, 3.63) is 0 Å². The van der Waals surface area contributed by atoms with Gasteiger partial charge in [0, 0.05) is 18.6 Å². The summed E-state index contributed by atoms with van der Waals surface area (Å²) in [6.45, 7) is 0.222. The Balaban J connectivity index is 1.59. The zero-order valence-corrected chi connectivity index (χ0v) is 11.5. The lowest BCUT2D eigenvalue weighted by molar-refractivity contribution is -0.153. The number of nitrogens with zero attached hydrogens (tertiary/aromatic N) is 1. The topological polar surface area (TPSA) is 89.9 Å². The number of aliphatic carboxylic acids is 1. The first-order valence-corrected chi connectivity index (χ1v) is 7.49. The zero-order valence-electron chi connectivity index (χ0n) is 11.5. The molecule has 3 rings (SSSR count). The van der Waals surface area contributed by atoms with Crippen molar-refractivity contribution in [2.24, 2.45) is 5.41 Å². The Morgan fingerprint density at radius 1 is 1.20 bits per heavy atom. The number of urea groups is 1. The van der Waals surface area contributed by atoms with Crippen molar-refractivity contribution in [3.8, 4) is 0 Å². The maximum absolute atomic E-state index is 12.3. The molecule has 3 N–H and O–H groups in total. The molecule has 112 valence electrons. The fourth-order valence-corrected chi connectivity index (χ4v) is 3.89. The highest BCUT2D eigenvalue weighted by Gasteiger charge is 2.46. The van der Waals surface area contributed by atoms with E-state index in [-0.39, 0.29) is 30.8 Å². The van der Waals surface area contributed by atoms with Gasteiger partial charge in [0.05, 0.1) is 11.5 Å². The minimum atomic E-state index is -0.805. The summed E-state index contributed by atoms with van der Waals surface area (Å²) in [5.74, 6) is -0.805. The normalized spacial score (nSPS) is 34.5. The van der Waals surface area contributed by atoms with Crippen molar-refractivity contribution in [3.63, 3.8) is 0 Å². The zero-order chi connectivity index (χ0) is 14.3. The number of carbonyl (C=O) groups excluding carboxylic acids is 1. The van der Waals surface area contributed by atoms with Crippen LogP contribution in [-0.2, 0) is 4.79 Å². The first kappa shape index (κ1) is 13.7. The predicted octanol–water partition coefficient (Wildman–Crippen LogP) is 0.939. The highest BCUT2D eigenvalue weighted by atomic mass is 16.4. The molecule has 3 fully saturated rings. The molecule has 2 bridgehead atoms. The molecule has 2 aliphatic heterocycles. The molecule has 2 amide bonds. The third kappa shape index (κ3) is 2.16. The van der Waals surface area contributed by atoms with E-state index in [2.05, 4.69) is 5.32 Å². The number of aliphatic hydroxyl groups excluding tert-OH is 1. The molecule has 6 heteroatoms. The highest BCUT2D eigenvalue weighted by molar-refractivity contribution is 5.79. The number of fused-ring (bicyclic) bond motifs is 2. The molecule has 0 aromatic heterocycles. The number of hydrogen-bond acceptors (Lipinski definition) is 3. The van der Waals surface area contributed by atoms with Crippen LogP contribution in [0.4, 0.5) is 4.79 Å². The van der Waals surface area contributed by atoms with Crippen LogP contribution < -0.4 is 5.32 Å². The lowest BCUT2D eigenvalue weighted by atomic mass is 9.69. The number of piperidine rings is 1. The highest BCUT2D eigenvalue weighted by Crippen LogP contribution is 2.41. The van der Waals surface area contributed by atoms with Gasteiger partial charge in [0.1, 0.15) is 0 Å². The molecular formula is C14H22N2O4. The van der Waals surface area contributed by atoms with Crippen LogP contribution in [0.5, 0.6) is 0 Å². The van der Waals surface area contributed by atoms with Gasteiger partial charge in [-0.05, 0) is 38.5 Å². The van der Waals surface area contributed by atoms with Crippen molar-refractivity contribution in [2.45, 2.75) is 63.1 Å². The van der Waals surface area contributed by atoms with Crippen LogP contribution in [-0.4, -0.2) is 51.8 Å². The molecule has 20 heavy (non-hydrogen) atoms. The molecule has 6 nitrogen and oxygen atoms in total. The van der Waals surface area contributed by atoms with Crippen LogP contribution in [0.3, 0.4) is 0 Å². The molecular weight excluding hydrogens is 260 g/mol. The van der Waals surface area contributed by atoms with Crippen LogP contribution >= 0.6 is 0 Å². The van der Waals surface area contributed by atoms with E-state index in [1.54, 1.807) is 0 Å². The number of nitrogens with one attached hydrogen (secondary N) is 1. The molecule has 2 heterocycles. The standard InChI is InChI=1S/C14H22N2O4/c17-11-6-9-2-3-10(7-11)16(9)13(20)15-8-14(12(18)19)4-1-5-14/h9-11,17H,1-8H2,(H,15,20)(H,18,19). The van der Waals surface area contributed by atoms with Gasteiger partial charge in [0.15, 0.2) is 0 Å². The van der Waals surface area contributed by atoms with Gasteiger partial charge in [-0.1, -0.05) is 6.42 Å². The van der Waals surface area contributed by atoms with E-state index in [0.29, 0.717) is 25.7 Å². The van der Waals surface area contributed by atoms with E-state index >= 15 is 0 Å². The molecule has 1 aliphatic carbocycles. The number of carbonyl (C=O) groups is 2. The third-order valence-corrected chi connectivity index (χ3v) is 5.29. The minimum absolute atomic E-state index is 0.117. The van der Waals surface area contributed by atoms with Gasteiger partial charge in [-0.2, -0.15) is 0 Å². The Bertz CT molecular complexity index is 407. The average Bonchev–Trinajstić information content (AvgIpc) is 2.60. The van der Waals surface area contributed by atoms with Crippen LogP contribution in [0.1, 0.15) is 44.9 Å². The number of rotatable bonds is 3. The van der Waals surface area contributed by atoms with E-state index in [9.17, 15) is 19.8 Å². The van der Waals surface area contributed by atoms with Crippen molar-refractivity contribution >= 4 is 12.0 Å². The van der Waals surface area contributed by atoms with Crippen molar-refractivity contribution < 1.29 is 19.8 Å².